The number of hydrogen-bond acceptors (Lipinski definition) is 5. The van der Waals surface area contributed by atoms with E-state index in [-0.39, 0.29) is 5.82 Å². The molecule has 0 bridgehead atoms. The average molecular weight is 218 g/mol. The van der Waals surface area contributed by atoms with Crippen molar-refractivity contribution < 1.29 is 13.5 Å². The molecule has 2 N–H and O–H groups in total. The van der Waals surface area contributed by atoms with Crippen LogP contribution in [0.25, 0.3) is 0 Å². The van der Waals surface area contributed by atoms with E-state index in [0.29, 0.717) is 0 Å². The van der Waals surface area contributed by atoms with E-state index in [1.807, 2.05) is 0 Å². The Balaban J connectivity index is 3.27. The summed E-state index contributed by atoms with van der Waals surface area (Å²) in [5.41, 5.74) is -0.581. The first kappa shape index (κ1) is 10.7. The molecule has 14 heavy (non-hydrogen) atoms. The lowest BCUT2D eigenvalue weighted by molar-refractivity contribution is 0.447. The normalized spacial score (nSPS) is 13.9. The molecule has 78 valence electrons. The molecule has 0 amide bonds. The van der Waals surface area contributed by atoms with E-state index in [0.717, 1.165) is 12.3 Å². The van der Waals surface area contributed by atoms with Crippen molar-refractivity contribution in [3.8, 4) is 5.88 Å². The molecule has 0 aromatic carbocycles. The summed E-state index contributed by atoms with van der Waals surface area (Å²) in [6, 6.07) is 0.874. The number of hydrogen-bond donors (Lipinski definition) is 2. The summed E-state index contributed by atoms with van der Waals surface area (Å²) < 4.78 is 22.2. The molecule has 1 heterocycles. The van der Waals surface area contributed by atoms with Crippen molar-refractivity contribution >= 4 is 9.84 Å². The van der Waals surface area contributed by atoms with Crippen LogP contribution in [-0.2, 0) is 9.84 Å². The molecule has 0 saturated heterocycles. The number of sulfone groups is 1. The SMILES string of the molecule is CC(c1nc(O)cc(=O)[nH]1)S(C)(=O)=O. The number of nitrogens with zero attached hydrogens (tertiary/aromatic N) is 1. The first-order valence-electron chi connectivity index (χ1n) is 3.80. The lowest BCUT2D eigenvalue weighted by atomic mass is 10.4. The second-order valence-electron chi connectivity index (χ2n) is 2.96. The van der Waals surface area contributed by atoms with E-state index in [2.05, 4.69) is 9.97 Å². The molecule has 0 aliphatic carbocycles. The molecule has 0 radical (unpaired) electrons. The van der Waals surface area contributed by atoms with Gasteiger partial charge in [0.2, 0.25) is 5.88 Å². The van der Waals surface area contributed by atoms with Crippen molar-refractivity contribution in [2.24, 2.45) is 0 Å². The Labute approximate surface area is 80.5 Å². The number of aromatic nitrogens is 2. The lowest BCUT2D eigenvalue weighted by Gasteiger charge is -2.07. The molecule has 0 aliphatic rings. The van der Waals surface area contributed by atoms with Gasteiger partial charge in [-0.2, -0.15) is 4.98 Å². The van der Waals surface area contributed by atoms with Gasteiger partial charge in [-0.15, -0.1) is 0 Å². The number of aromatic hydroxyl groups is 1. The quantitative estimate of drug-likeness (QED) is 0.702. The Morgan fingerprint density at radius 1 is 1.57 bits per heavy atom. The van der Waals surface area contributed by atoms with Crippen LogP contribution in [0.5, 0.6) is 5.88 Å². The summed E-state index contributed by atoms with van der Waals surface area (Å²) in [4.78, 5) is 16.7. The van der Waals surface area contributed by atoms with Gasteiger partial charge in [-0.25, -0.2) is 8.42 Å². The van der Waals surface area contributed by atoms with Gasteiger partial charge in [0.25, 0.3) is 5.56 Å². The highest BCUT2D eigenvalue weighted by Gasteiger charge is 2.20. The highest BCUT2D eigenvalue weighted by atomic mass is 32.2. The standard InChI is InChI=1S/C7H10N2O4S/c1-4(14(2,12)13)7-8-5(10)3-6(11)9-7/h3-4H,1-2H3,(H2,8,9,10,11). The Morgan fingerprint density at radius 3 is 2.57 bits per heavy atom. The Morgan fingerprint density at radius 2 is 2.14 bits per heavy atom. The maximum absolute atomic E-state index is 11.1. The Bertz CT molecular complexity index is 491. The smallest absolute Gasteiger partial charge is 0.254 e. The fourth-order valence-corrected chi connectivity index (χ4v) is 1.38. The zero-order chi connectivity index (χ0) is 10.9. The van der Waals surface area contributed by atoms with E-state index in [4.69, 9.17) is 5.11 Å². The van der Waals surface area contributed by atoms with Crippen LogP contribution in [0.4, 0.5) is 0 Å². The van der Waals surface area contributed by atoms with Gasteiger partial charge in [-0.1, -0.05) is 0 Å². The molecule has 1 rings (SSSR count). The van der Waals surface area contributed by atoms with Gasteiger partial charge in [0.05, 0.1) is 6.07 Å². The highest BCUT2D eigenvalue weighted by Crippen LogP contribution is 2.16. The van der Waals surface area contributed by atoms with Crippen LogP contribution in [0.3, 0.4) is 0 Å². The van der Waals surface area contributed by atoms with Crippen LogP contribution in [0.1, 0.15) is 18.0 Å². The van der Waals surface area contributed by atoms with E-state index in [1.165, 1.54) is 6.92 Å². The van der Waals surface area contributed by atoms with Crippen molar-refractivity contribution in [2.45, 2.75) is 12.2 Å². The molecule has 0 saturated carbocycles. The van der Waals surface area contributed by atoms with Crippen molar-refractivity contribution in [3.63, 3.8) is 0 Å². The monoisotopic (exact) mass is 218 g/mol. The summed E-state index contributed by atoms with van der Waals surface area (Å²) in [7, 11) is -3.33. The molecule has 1 aromatic rings. The summed E-state index contributed by atoms with van der Waals surface area (Å²) in [5.74, 6) is -0.545. The molecule has 1 atom stereocenters. The van der Waals surface area contributed by atoms with Crippen LogP contribution < -0.4 is 5.56 Å². The molecule has 6 nitrogen and oxygen atoms in total. The molecular formula is C7H10N2O4S. The molecule has 1 aromatic heterocycles. The number of H-pyrrole nitrogens is 1. The van der Waals surface area contributed by atoms with Gasteiger partial charge in [-0.05, 0) is 6.92 Å². The van der Waals surface area contributed by atoms with E-state index < -0.39 is 26.5 Å². The fourth-order valence-electron chi connectivity index (χ4n) is 0.859. The summed E-state index contributed by atoms with van der Waals surface area (Å²) in [6.07, 6.45) is 1.03. The first-order valence-corrected chi connectivity index (χ1v) is 5.75. The molecule has 0 aliphatic heterocycles. The van der Waals surface area contributed by atoms with Crippen LogP contribution in [0, 0.1) is 0 Å². The maximum Gasteiger partial charge on any atom is 0.254 e. The number of nitrogens with one attached hydrogen (secondary N) is 1. The zero-order valence-corrected chi connectivity index (χ0v) is 8.50. The number of aromatic amines is 1. The second-order valence-corrected chi connectivity index (χ2v) is 5.33. The third kappa shape index (κ3) is 2.32. The first-order chi connectivity index (χ1) is 6.30. The van der Waals surface area contributed by atoms with Crippen molar-refractivity contribution in [1.82, 2.24) is 9.97 Å². The summed E-state index contributed by atoms with van der Waals surface area (Å²) >= 11 is 0. The van der Waals surface area contributed by atoms with Crippen molar-refractivity contribution in [2.75, 3.05) is 6.26 Å². The molecule has 0 fully saturated rings. The van der Waals surface area contributed by atoms with Gasteiger partial charge in [0, 0.05) is 6.26 Å². The van der Waals surface area contributed by atoms with Crippen LogP contribution in [0.2, 0.25) is 0 Å². The van der Waals surface area contributed by atoms with Crippen LogP contribution >= 0.6 is 0 Å². The molecular weight excluding hydrogens is 208 g/mol. The zero-order valence-electron chi connectivity index (χ0n) is 7.68. The van der Waals surface area contributed by atoms with Crippen molar-refractivity contribution in [1.29, 1.82) is 0 Å². The summed E-state index contributed by atoms with van der Waals surface area (Å²) in [5, 5.41) is 8.04. The molecule has 0 spiro atoms. The van der Waals surface area contributed by atoms with Gasteiger partial charge in [0.15, 0.2) is 9.84 Å². The third-order valence-electron chi connectivity index (χ3n) is 1.77. The van der Waals surface area contributed by atoms with Crippen LogP contribution in [0.15, 0.2) is 10.9 Å². The fraction of sp³-hybridized carbons (Fsp3) is 0.429. The predicted molar refractivity (Wildman–Crippen MR) is 49.8 cm³/mol. The van der Waals surface area contributed by atoms with E-state index in [1.54, 1.807) is 0 Å². The van der Waals surface area contributed by atoms with E-state index in [9.17, 15) is 13.2 Å². The number of rotatable bonds is 2. The topological polar surface area (TPSA) is 100 Å². The highest BCUT2D eigenvalue weighted by molar-refractivity contribution is 7.90. The average Bonchev–Trinajstić information content (AvgIpc) is 1.99. The van der Waals surface area contributed by atoms with Crippen molar-refractivity contribution in [3.05, 3.63) is 22.2 Å². The Kier molecular flexibility index (Phi) is 2.61. The van der Waals surface area contributed by atoms with Gasteiger partial charge in [0.1, 0.15) is 11.1 Å². The minimum Gasteiger partial charge on any atom is -0.493 e. The maximum atomic E-state index is 11.1. The Hall–Kier alpha value is -1.37. The third-order valence-corrected chi connectivity index (χ3v) is 3.28. The van der Waals surface area contributed by atoms with Gasteiger partial charge in [-0.3, -0.25) is 4.79 Å². The van der Waals surface area contributed by atoms with Crippen LogP contribution in [-0.4, -0.2) is 29.7 Å². The minimum atomic E-state index is -3.33. The minimum absolute atomic E-state index is 0.0579. The largest absolute Gasteiger partial charge is 0.493 e. The lowest BCUT2D eigenvalue weighted by Crippen LogP contribution is -2.16. The van der Waals surface area contributed by atoms with Gasteiger partial charge < -0.3 is 10.1 Å². The summed E-state index contributed by atoms with van der Waals surface area (Å²) in [6.45, 7) is 1.38. The molecule has 7 heteroatoms. The van der Waals surface area contributed by atoms with Gasteiger partial charge >= 0.3 is 0 Å². The predicted octanol–water partition coefficient (Wildman–Crippen LogP) is -0.419. The van der Waals surface area contributed by atoms with E-state index >= 15 is 0 Å². The molecule has 1 unspecified atom stereocenters. The second kappa shape index (κ2) is 3.41.